The standard InChI is InChI=1S/C15H23N3S/c1-19-11-7-3-2-5-9-16-12-14-13-17-18-10-6-4-8-15(14)18/h4,6,8,10,13,16H,2-3,5,7,9,11-12H2,1H3. The van der Waals surface area contributed by atoms with Crippen LogP contribution in [0.1, 0.15) is 31.2 Å². The van der Waals surface area contributed by atoms with Crippen molar-refractivity contribution in [3.63, 3.8) is 0 Å². The van der Waals surface area contributed by atoms with Crippen molar-refractivity contribution in [1.29, 1.82) is 0 Å². The maximum atomic E-state index is 4.34. The van der Waals surface area contributed by atoms with Crippen LogP contribution in [0.2, 0.25) is 0 Å². The Bertz CT molecular complexity index is 481. The highest BCUT2D eigenvalue weighted by Crippen LogP contribution is 2.09. The Labute approximate surface area is 119 Å². The largest absolute Gasteiger partial charge is 0.313 e. The van der Waals surface area contributed by atoms with Gasteiger partial charge in [0.2, 0.25) is 0 Å². The Morgan fingerprint density at radius 3 is 3.00 bits per heavy atom. The summed E-state index contributed by atoms with van der Waals surface area (Å²) in [6.07, 6.45) is 11.5. The highest BCUT2D eigenvalue weighted by molar-refractivity contribution is 7.98. The fourth-order valence-corrected chi connectivity index (χ4v) is 2.69. The highest BCUT2D eigenvalue weighted by atomic mass is 32.2. The quantitative estimate of drug-likeness (QED) is 0.713. The first-order valence-corrected chi connectivity index (χ1v) is 8.42. The van der Waals surface area contributed by atoms with Gasteiger partial charge in [-0.05, 0) is 43.5 Å². The van der Waals surface area contributed by atoms with Crippen LogP contribution in [-0.2, 0) is 6.54 Å². The average molecular weight is 277 g/mol. The second-order valence-electron chi connectivity index (χ2n) is 4.78. The minimum Gasteiger partial charge on any atom is -0.313 e. The summed E-state index contributed by atoms with van der Waals surface area (Å²) >= 11 is 1.94. The molecule has 2 heterocycles. The first-order valence-electron chi connectivity index (χ1n) is 7.02. The lowest BCUT2D eigenvalue weighted by Gasteiger charge is -2.04. The summed E-state index contributed by atoms with van der Waals surface area (Å²) in [5, 5.41) is 7.85. The van der Waals surface area contributed by atoms with E-state index in [2.05, 4.69) is 28.8 Å². The van der Waals surface area contributed by atoms with Gasteiger partial charge in [0.1, 0.15) is 0 Å². The van der Waals surface area contributed by atoms with E-state index in [1.165, 1.54) is 42.5 Å². The molecule has 0 saturated carbocycles. The third-order valence-electron chi connectivity index (χ3n) is 3.27. The van der Waals surface area contributed by atoms with Crippen molar-refractivity contribution in [3.8, 4) is 0 Å². The minimum atomic E-state index is 0.915. The zero-order valence-corrected chi connectivity index (χ0v) is 12.5. The van der Waals surface area contributed by atoms with E-state index in [0.29, 0.717) is 0 Å². The molecule has 4 heteroatoms. The van der Waals surface area contributed by atoms with Crippen molar-refractivity contribution < 1.29 is 0 Å². The van der Waals surface area contributed by atoms with Crippen LogP contribution in [0.4, 0.5) is 0 Å². The molecule has 0 fully saturated rings. The monoisotopic (exact) mass is 277 g/mol. The van der Waals surface area contributed by atoms with E-state index in [9.17, 15) is 0 Å². The Balaban J connectivity index is 1.63. The van der Waals surface area contributed by atoms with Crippen LogP contribution in [0.5, 0.6) is 0 Å². The van der Waals surface area contributed by atoms with Crippen molar-refractivity contribution in [2.24, 2.45) is 0 Å². The van der Waals surface area contributed by atoms with E-state index in [0.717, 1.165) is 13.1 Å². The van der Waals surface area contributed by atoms with Crippen LogP contribution in [0.3, 0.4) is 0 Å². The zero-order valence-electron chi connectivity index (χ0n) is 11.6. The molecule has 0 saturated heterocycles. The molecule has 104 valence electrons. The molecule has 3 nitrogen and oxygen atoms in total. The number of unbranched alkanes of at least 4 members (excludes halogenated alkanes) is 3. The zero-order chi connectivity index (χ0) is 13.3. The van der Waals surface area contributed by atoms with Gasteiger partial charge in [0, 0.05) is 18.3 Å². The van der Waals surface area contributed by atoms with Crippen molar-refractivity contribution in [2.75, 3.05) is 18.6 Å². The third-order valence-corrected chi connectivity index (χ3v) is 3.97. The summed E-state index contributed by atoms with van der Waals surface area (Å²) in [5.41, 5.74) is 2.48. The molecule has 19 heavy (non-hydrogen) atoms. The van der Waals surface area contributed by atoms with Crippen LogP contribution < -0.4 is 5.32 Å². The van der Waals surface area contributed by atoms with Gasteiger partial charge < -0.3 is 5.32 Å². The van der Waals surface area contributed by atoms with Gasteiger partial charge in [-0.3, -0.25) is 0 Å². The molecule has 0 aliphatic heterocycles. The van der Waals surface area contributed by atoms with E-state index in [4.69, 9.17) is 0 Å². The van der Waals surface area contributed by atoms with Gasteiger partial charge in [0.05, 0.1) is 11.7 Å². The molecule has 0 amide bonds. The SMILES string of the molecule is CSCCCCCCNCc1cnn2ccccc12. The maximum Gasteiger partial charge on any atom is 0.0706 e. The van der Waals surface area contributed by atoms with Crippen LogP contribution >= 0.6 is 11.8 Å². The summed E-state index contributed by atoms with van der Waals surface area (Å²) in [7, 11) is 0. The molecular weight excluding hydrogens is 254 g/mol. The molecule has 0 bridgehead atoms. The van der Waals surface area contributed by atoms with Crippen LogP contribution in [-0.4, -0.2) is 28.2 Å². The minimum absolute atomic E-state index is 0.915. The van der Waals surface area contributed by atoms with Crippen molar-refractivity contribution in [2.45, 2.75) is 32.2 Å². The lowest BCUT2D eigenvalue weighted by molar-refractivity contribution is 0.600. The van der Waals surface area contributed by atoms with Crippen molar-refractivity contribution in [3.05, 3.63) is 36.2 Å². The predicted octanol–water partition coefficient (Wildman–Crippen LogP) is 3.35. The Kier molecular flexibility index (Phi) is 6.24. The predicted molar refractivity (Wildman–Crippen MR) is 83.7 cm³/mol. The fourth-order valence-electron chi connectivity index (χ4n) is 2.20. The number of nitrogens with zero attached hydrogens (tertiary/aromatic N) is 2. The lowest BCUT2D eigenvalue weighted by Crippen LogP contribution is -2.14. The van der Waals surface area contributed by atoms with E-state index in [1.54, 1.807) is 0 Å². The Morgan fingerprint density at radius 2 is 2.11 bits per heavy atom. The average Bonchev–Trinajstić information content (AvgIpc) is 2.85. The van der Waals surface area contributed by atoms with Crippen LogP contribution in [0.25, 0.3) is 5.52 Å². The summed E-state index contributed by atoms with van der Waals surface area (Å²) in [5.74, 6) is 1.30. The van der Waals surface area contributed by atoms with Gasteiger partial charge in [-0.1, -0.05) is 18.9 Å². The Morgan fingerprint density at radius 1 is 1.21 bits per heavy atom. The van der Waals surface area contributed by atoms with E-state index < -0.39 is 0 Å². The fraction of sp³-hybridized carbons (Fsp3) is 0.533. The molecule has 2 aromatic rings. The second-order valence-corrected chi connectivity index (χ2v) is 5.77. The molecule has 1 N–H and O–H groups in total. The number of aromatic nitrogens is 2. The lowest BCUT2D eigenvalue weighted by atomic mass is 10.2. The summed E-state index contributed by atoms with van der Waals surface area (Å²) in [6, 6.07) is 6.19. The normalized spacial score (nSPS) is 11.2. The third kappa shape index (κ3) is 4.55. The number of pyridine rings is 1. The van der Waals surface area contributed by atoms with Gasteiger partial charge in [0.15, 0.2) is 0 Å². The molecule has 0 radical (unpaired) electrons. The first kappa shape index (κ1) is 14.4. The number of hydrogen-bond acceptors (Lipinski definition) is 3. The number of rotatable bonds is 9. The molecule has 2 aromatic heterocycles. The molecule has 0 unspecified atom stereocenters. The number of hydrogen-bond donors (Lipinski definition) is 1. The van der Waals surface area contributed by atoms with E-state index in [1.807, 2.05) is 34.7 Å². The maximum absolute atomic E-state index is 4.34. The summed E-state index contributed by atoms with van der Waals surface area (Å²) < 4.78 is 1.93. The van der Waals surface area contributed by atoms with Gasteiger partial charge in [0.25, 0.3) is 0 Å². The van der Waals surface area contributed by atoms with Crippen LogP contribution in [0, 0.1) is 0 Å². The van der Waals surface area contributed by atoms with Crippen LogP contribution in [0.15, 0.2) is 30.6 Å². The van der Waals surface area contributed by atoms with Gasteiger partial charge >= 0.3 is 0 Å². The second kappa shape index (κ2) is 8.23. The van der Waals surface area contributed by atoms with Gasteiger partial charge in [-0.15, -0.1) is 0 Å². The number of fused-ring (bicyclic) bond motifs is 1. The smallest absolute Gasteiger partial charge is 0.0706 e. The van der Waals surface area contributed by atoms with Gasteiger partial charge in [-0.25, -0.2) is 4.52 Å². The Hall–Kier alpha value is -1.00. The highest BCUT2D eigenvalue weighted by Gasteiger charge is 2.01. The first-order chi connectivity index (χ1) is 9.42. The molecular formula is C15H23N3S. The summed E-state index contributed by atoms with van der Waals surface area (Å²) in [4.78, 5) is 0. The van der Waals surface area contributed by atoms with E-state index >= 15 is 0 Å². The van der Waals surface area contributed by atoms with Crippen molar-refractivity contribution >= 4 is 17.3 Å². The number of thioether (sulfide) groups is 1. The molecule has 0 spiro atoms. The molecule has 2 rings (SSSR count). The van der Waals surface area contributed by atoms with Gasteiger partial charge in [-0.2, -0.15) is 16.9 Å². The van der Waals surface area contributed by atoms with E-state index in [-0.39, 0.29) is 0 Å². The summed E-state index contributed by atoms with van der Waals surface area (Å²) in [6.45, 7) is 2.02. The van der Waals surface area contributed by atoms with Crippen molar-refractivity contribution in [1.82, 2.24) is 14.9 Å². The topological polar surface area (TPSA) is 29.3 Å². The number of nitrogens with one attached hydrogen (secondary N) is 1. The molecule has 0 aromatic carbocycles. The molecule has 0 atom stereocenters. The molecule has 0 aliphatic carbocycles. The molecule has 0 aliphatic rings.